The number of ketones is 1. The van der Waals surface area contributed by atoms with Crippen LogP contribution in [0.5, 0.6) is 17.2 Å². The van der Waals surface area contributed by atoms with E-state index in [-0.39, 0.29) is 35.6 Å². The fourth-order valence-corrected chi connectivity index (χ4v) is 5.76. The Morgan fingerprint density at radius 3 is 2.05 bits per heavy atom. The van der Waals surface area contributed by atoms with Crippen LogP contribution in [0.15, 0.2) is 61.2 Å². The highest BCUT2D eigenvalue weighted by atomic mass is 16.5. The highest BCUT2D eigenvalue weighted by Crippen LogP contribution is 2.38. The lowest BCUT2D eigenvalue weighted by atomic mass is 9.88. The molecule has 0 N–H and O–H groups in total. The number of piperidine rings is 1. The zero-order valence-electron chi connectivity index (χ0n) is 25.9. The van der Waals surface area contributed by atoms with Crippen molar-refractivity contribution in [3.05, 3.63) is 77.9 Å². The van der Waals surface area contributed by atoms with Gasteiger partial charge >= 0.3 is 5.97 Å². The predicted molar refractivity (Wildman–Crippen MR) is 164 cm³/mol. The molecule has 234 valence electrons. The second-order valence-corrected chi connectivity index (χ2v) is 10.8. The van der Waals surface area contributed by atoms with E-state index in [4.69, 9.17) is 18.9 Å². The van der Waals surface area contributed by atoms with Gasteiger partial charge in [-0.1, -0.05) is 25.5 Å². The fourth-order valence-electron chi connectivity index (χ4n) is 5.76. The number of rotatable bonds is 14. The van der Waals surface area contributed by atoms with Crippen LogP contribution in [-0.2, 0) is 14.3 Å². The van der Waals surface area contributed by atoms with Gasteiger partial charge in [-0.25, -0.2) is 4.79 Å². The molecule has 10 nitrogen and oxygen atoms in total. The average Bonchev–Trinajstić information content (AvgIpc) is 3.07. The molecule has 1 aliphatic rings. The number of methoxy groups -OCH3 is 3. The Morgan fingerprint density at radius 2 is 1.52 bits per heavy atom. The number of esters is 1. The first kappa shape index (κ1) is 32.4. The molecule has 1 amide bonds. The van der Waals surface area contributed by atoms with Crippen LogP contribution >= 0.6 is 0 Å². The van der Waals surface area contributed by atoms with E-state index in [2.05, 4.69) is 9.97 Å². The first-order valence-electron chi connectivity index (χ1n) is 15.1. The molecule has 2 atom stereocenters. The van der Waals surface area contributed by atoms with E-state index in [0.717, 1.165) is 30.4 Å². The van der Waals surface area contributed by atoms with E-state index in [1.807, 2.05) is 43.6 Å². The Labute approximate surface area is 258 Å². The summed E-state index contributed by atoms with van der Waals surface area (Å²) in [4.78, 5) is 50.5. The maximum Gasteiger partial charge on any atom is 0.329 e. The van der Waals surface area contributed by atoms with Crippen molar-refractivity contribution < 1.29 is 33.3 Å². The van der Waals surface area contributed by atoms with Gasteiger partial charge < -0.3 is 23.8 Å². The zero-order valence-corrected chi connectivity index (χ0v) is 25.9. The van der Waals surface area contributed by atoms with Crippen LogP contribution in [-0.4, -0.2) is 72.5 Å². The minimum Gasteiger partial charge on any atom is -0.493 e. The van der Waals surface area contributed by atoms with Gasteiger partial charge in [-0.3, -0.25) is 19.6 Å². The average molecular weight is 604 g/mol. The second-order valence-electron chi connectivity index (χ2n) is 10.8. The van der Waals surface area contributed by atoms with Crippen LogP contribution in [0.3, 0.4) is 0 Å². The van der Waals surface area contributed by atoms with Gasteiger partial charge in [-0.05, 0) is 73.9 Å². The number of amides is 1. The molecule has 0 radical (unpaired) electrons. The van der Waals surface area contributed by atoms with Crippen LogP contribution in [0.1, 0.15) is 79.3 Å². The summed E-state index contributed by atoms with van der Waals surface area (Å²) >= 11 is 0. The van der Waals surface area contributed by atoms with Gasteiger partial charge in [-0.2, -0.15) is 0 Å². The highest BCUT2D eigenvalue weighted by molar-refractivity contribution is 6.43. The summed E-state index contributed by atoms with van der Waals surface area (Å²) in [7, 11) is 4.33. The Balaban J connectivity index is 1.49. The molecule has 44 heavy (non-hydrogen) atoms. The van der Waals surface area contributed by atoms with Crippen molar-refractivity contribution >= 4 is 17.7 Å². The van der Waals surface area contributed by atoms with Crippen LogP contribution in [0.25, 0.3) is 0 Å². The molecular formula is C34H41N3O7. The number of nitrogens with zero attached hydrogens (tertiary/aromatic N) is 3. The summed E-state index contributed by atoms with van der Waals surface area (Å²) in [6.07, 6.45) is 11.6. The van der Waals surface area contributed by atoms with Gasteiger partial charge in [-0.15, -0.1) is 0 Å². The number of aromatic nitrogens is 2. The lowest BCUT2D eigenvalue weighted by molar-refractivity contribution is -0.161. The third-order valence-electron chi connectivity index (χ3n) is 8.00. The number of benzene rings is 1. The Morgan fingerprint density at radius 1 is 0.886 bits per heavy atom. The standard InChI is InChI=1S/C34H41N3O7/c1-5-10-26(14-15-27(23-11-8-16-35-21-23)24-12-9-17-36-22-24)44-34(40)28-13-6-7-18-37(28)33(39)31(38)25-19-29(41-2)32(43-4)30(20-25)42-3/h8-9,11-12,16-17,19-22,26-28H,5-7,10,13-15,18H2,1-4H3/t26?,28-/m0/s1. The molecule has 1 aromatic carbocycles. The van der Waals surface area contributed by atoms with Crippen LogP contribution in [0.2, 0.25) is 0 Å². The number of ether oxygens (including phenoxy) is 4. The van der Waals surface area contributed by atoms with E-state index in [1.165, 1.54) is 38.4 Å². The summed E-state index contributed by atoms with van der Waals surface area (Å²) in [6.45, 7) is 2.34. The first-order valence-corrected chi connectivity index (χ1v) is 15.1. The fraction of sp³-hybridized carbons (Fsp3) is 0.441. The van der Waals surface area contributed by atoms with Gasteiger partial charge in [0.2, 0.25) is 5.75 Å². The van der Waals surface area contributed by atoms with Gasteiger partial charge in [0.05, 0.1) is 21.3 Å². The van der Waals surface area contributed by atoms with Crippen LogP contribution in [0.4, 0.5) is 0 Å². The normalized spacial score (nSPS) is 15.4. The smallest absolute Gasteiger partial charge is 0.329 e. The van der Waals surface area contributed by atoms with Crippen molar-refractivity contribution in [3.63, 3.8) is 0 Å². The molecule has 10 heteroatoms. The number of carbonyl (C=O) groups excluding carboxylic acids is 3. The van der Waals surface area contributed by atoms with E-state index >= 15 is 0 Å². The number of hydrogen-bond donors (Lipinski definition) is 0. The molecular weight excluding hydrogens is 562 g/mol. The molecule has 0 saturated carbocycles. The summed E-state index contributed by atoms with van der Waals surface area (Å²) in [6, 6.07) is 9.96. The molecule has 1 unspecified atom stereocenters. The molecule has 0 spiro atoms. The van der Waals surface area contributed by atoms with E-state index in [1.54, 1.807) is 12.4 Å². The van der Waals surface area contributed by atoms with Gasteiger partial charge in [0, 0.05) is 42.8 Å². The van der Waals surface area contributed by atoms with Gasteiger partial charge in [0.15, 0.2) is 11.5 Å². The van der Waals surface area contributed by atoms with Crippen molar-refractivity contribution in [3.8, 4) is 17.2 Å². The molecule has 3 aromatic rings. The third-order valence-corrected chi connectivity index (χ3v) is 8.00. The Hall–Kier alpha value is -4.47. The largest absolute Gasteiger partial charge is 0.493 e. The lowest BCUT2D eigenvalue weighted by Gasteiger charge is -2.34. The van der Waals surface area contributed by atoms with Crippen molar-refractivity contribution in [2.24, 2.45) is 0 Å². The Bertz CT molecular complexity index is 1340. The number of likely N-dealkylation sites (tertiary alicyclic amines) is 1. The van der Waals surface area contributed by atoms with Gasteiger partial charge in [0.1, 0.15) is 12.1 Å². The monoisotopic (exact) mass is 603 g/mol. The van der Waals surface area contributed by atoms with Crippen LogP contribution in [0, 0.1) is 0 Å². The molecule has 1 aliphatic heterocycles. The van der Waals surface area contributed by atoms with E-state index in [9.17, 15) is 14.4 Å². The number of carbonyl (C=O) groups is 3. The SMILES string of the molecule is CCCC(CCC(c1cccnc1)c1cccnc1)OC(=O)[C@@H]1CCCCN1C(=O)C(=O)c1cc(OC)c(OC)c(OC)c1. The van der Waals surface area contributed by atoms with E-state index < -0.39 is 23.7 Å². The summed E-state index contributed by atoms with van der Waals surface area (Å²) in [5.41, 5.74) is 2.22. The number of hydrogen-bond acceptors (Lipinski definition) is 9. The summed E-state index contributed by atoms with van der Waals surface area (Å²) in [5, 5.41) is 0. The molecule has 3 heterocycles. The van der Waals surface area contributed by atoms with Crippen molar-refractivity contribution in [1.29, 1.82) is 0 Å². The quantitative estimate of drug-likeness (QED) is 0.136. The first-order chi connectivity index (χ1) is 21.4. The minimum atomic E-state index is -0.839. The van der Waals surface area contributed by atoms with Gasteiger partial charge in [0.25, 0.3) is 11.7 Å². The number of pyridine rings is 2. The molecule has 0 aliphatic carbocycles. The number of Topliss-reactive ketones (excluding diaryl/α,β-unsaturated/α-hetero) is 1. The maximum atomic E-state index is 13.6. The topological polar surface area (TPSA) is 117 Å². The second kappa shape index (κ2) is 15.8. The lowest BCUT2D eigenvalue weighted by Crippen LogP contribution is -2.51. The third kappa shape index (κ3) is 7.72. The van der Waals surface area contributed by atoms with Crippen LogP contribution < -0.4 is 14.2 Å². The molecule has 4 rings (SSSR count). The summed E-state index contributed by atoms with van der Waals surface area (Å²) < 4.78 is 22.1. The van der Waals surface area contributed by atoms with Crippen molar-refractivity contribution in [1.82, 2.24) is 14.9 Å². The zero-order chi connectivity index (χ0) is 31.5. The molecule has 1 fully saturated rings. The van der Waals surface area contributed by atoms with Crippen molar-refractivity contribution in [2.75, 3.05) is 27.9 Å². The predicted octanol–water partition coefficient (Wildman–Crippen LogP) is 5.39. The van der Waals surface area contributed by atoms with Crippen molar-refractivity contribution in [2.45, 2.75) is 69.9 Å². The molecule has 1 saturated heterocycles. The van der Waals surface area contributed by atoms with E-state index in [0.29, 0.717) is 31.4 Å². The minimum absolute atomic E-state index is 0.0410. The Kier molecular flexibility index (Phi) is 11.7. The maximum absolute atomic E-state index is 13.6. The summed E-state index contributed by atoms with van der Waals surface area (Å²) in [5.74, 6) is -1.12. The highest BCUT2D eigenvalue weighted by Gasteiger charge is 2.38. The molecule has 0 bridgehead atoms. The molecule has 2 aromatic heterocycles.